The number of benzene rings is 1. The Hall–Kier alpha value is -1.02. The van der Waals surface area contributed by atoms with Gasteiger partial charge in [0.1, 0.15) is 12.4 Å². The minimum absolute atomic E-state index is 0.320. The molecule has 0 atom stereocenters. The van der Waals surface area contributed by atoms with Crippen molar-refractivity contribution in [1.82, 2.24) is 0 Å². The normalized spacial score (nSPS) is 9.42. The summed E-state index contributed by atoms with van der Waals surface area (Å²) >= 11 is 5.61. The van der Waals surface area contributed by atoms with Gasteiger partial charge in [-0.25, -0.2) is 0 Å². The Labute approximate surface area is 76.6 Å². The second kappa shape index (κ2) is 4.78. The van der Waals surface area contributed by atoms with Gasteiger partial charge in [-0.1, -0.05) is 12.1 Å². The molecule has 0 amide bonds. The SMILES string of the molecule is N=CCOc1ccc(CCl)cc1. The van der Waals surface area contributed by atoms with Crippen molar-refractivity contribution in [1.29, 1.82) is 5.41 Å². The summed E-state index contributed by atoms with van der Waals surface area (Å²) in [6.45, 7) is 0.320. The molecule has 1 N–H and O–H groups in total. The van der Waals surface area contributed by atoms with E-state index in [1.807, 2.05) is 24.3 Å². The molecule has 0 aliphatic carbocycles. The number of halogens is 1. The predicted octanol–water partition coefficient (Wildman–Crippen LogP) is 2.45. The second-order valence-electron chi connectivity index (χ2n) is 2.29. The zero-order valence-electron chi connectivity index (χ0n) is 6.59. The summed E-state index contributed by atoms with van der Waals surface area (Å²) in [6.07, 6.45) is 1.22. The lowest BCUT2D eigenvalue weighted by Gasteiger charge is -2.02. The smallest absolute Gasteiger partial charge is 0.123 e. The molecule has 2 nitrogen and oxygen atoms in total. The van der Waals surface area contributed by atoms with Gasteiger partial charge in [0, 0.05) is 12.1 Å². The third kappa shape index (κ3) is 2.55. The summed E-state index contributed by atoms with van der Waals surface area (Å²) < 4.78 is 5.17. The molecule has 0 saturated carbocycles. The minimum atomic E-state index is 0.320. The number of alkyl halides is 1. The standard InChI is InChI=1S/C9H10ClNO/c10-7-8-1-3-9(4-2-8)12-6-5-11/h1-5,11H,6-7H2. The molecular formula is C9H10ClNO. The molecule has 3 heteroatoms. The second-order valence-corrected chi connectivity index (χ2v) is 2.56. The molecule has 0 saturated heterocycles. The molecule has 0 fully saturated rings. The van der Waals surface area contributed by atoms with Crippen LogP contribution >= 0.6 is 11.6 Å². The molecular weight excluding hydrogens is 174 g/mol. The van der Waals surface area contributed by atoms with E-state index in [1.165, 1.54) is 6.21 Å². The van der Waals surface area contributed by atoms with E-state index in [-0.39, 0.29) is 0 Å². The van der Waals surface area contributed by atoms with Crippen LogP contribution in [0.2, 0.25) is 0 Å². The van der Waals surface area contributed by atoms with Gasteiger partial charge >= 0.3 is 0 Å². The lowest BCUT2D eigenvalue weighted by atomic mass is 10.2. The van der Waals surface area contributed by atoms with Crippen LogP contribution in [-0.2, 0) is 5.88 Å². The fraction of sp³-hybridized carbons (Fsp3) is 0.222. The van der Waals surface area contributed by atoms with E-state index in [9.17, 15) is 0 Å². The van der Waals surface area contributed by atoms with Crippen LogP contribution in [0, 0.1) is 5.41 Å². The van der Waals surface area contributed by atoms with E-state index in [1.54, 1.807) is 0 Å². The summed E-state index contributed by atoms with van der Waals surface area (Å²) in [5.41, 5.74) is 1.07. The fourth-order valence-electron chi connectivity index (χ4n) is 0.813. The summed E-state index contributed by atoms with van der Waals surface area (Å²) in [4.78, 5) is 0. The van der Waals surface area contributed by atoms with Gasteiger partial charge in [0.15, 0.2) is 0 Å². The van der Waals surface area contributed by atoms with Gasteiger partial charge in [0.25, 0.3) is 0 Å². The first kappa shape index (κ1) is 9.07. The van der Waals surface area contributed by atoms with Gasteiger partial charge in [0.05, 0.1) is 0 Å². The Kier molecular flexibility index (Phi) is 3.61. The van der Waals surface area contributed by atoms with Crippen LogP contribution in [0.15, 0.2) is 24.3 Å². The van der Waals surface area contributed by atoms with Crippen molar-refractivity contribution in [2.24, 2.45) is 0 Å². The fourth-order valence-corrected chi connectivity index (χ4v) is 0.991. The van der Waals surface area contributed by atoms with Crippen molar-refractivity contribution in [3.8, 4) is 5.75 Å². The maximum absolute atomic E-state index is 6.76. The summed E-state index contributed by atoms with van der Waals surface area (Å²) in [7, 11) is 0. The molecule has 12 heavy (non-hydrogen) atoms. The zero-order chi connectivity index (χ0) is 8.81. The summed E-state index contributed by atoms with van der Waals surface area (Å²) in [6, 6.07) is 7.51. The average molecular weight is 184 g/mol. The van der Waals surface area contributed by atoms with Crippen LogP contribution in [0.5, 0.6) is 5.75 Å². The Morgan fingerprint density at radius 3 is 2.50 bits per heavy atom. The topological polar surface area (TPSA) is 33.1 Å². The van der Waals surface area contributed by atoms with E-state index < -0.39 is 0 Å². The third-order valence-electron chi connectivity index (χ3n) is 1.41. The first-order valence-electron chi connectivity index (χ1n) is 3.63. The van der Waals surface area contributed by atoms with Crippen LogP contribution in [0.25, 0.3) is 0 Å². The number of rotatable bonds is 4. The molecule has 1 aromatic carbocycles. The van der Waals surface area contributed by atoms with Crippen LogP contribution < -0.4 is 4.74 Å². The lowest BCUT2D eigenvalue weighted by Crippen LogP contribution is -1.96. The van der Waals surface area contributed by atoms with Crippen molar-refractivity contribution >= 4 is 17.8 Å². The lowest BCUT2D eigenvalue weighted by molar-refractivity contribution is 0.380. The van der Waals surface area contributed by atoms with E-state index in [4.69, 9.17) is 21.7 Å². The Morgan fingerprint density at radius 2 is 2.00 bits per heavy atom. The number of nitrogens with one attached hydrogen (secondary N) is 1. The van der Waals surface area contributed by atoms with Gasteiger partial charge in [-0.05, 0) is 17.7 Å². The van der Waals surface area contributed by atoms with E-state index in [2.05, 4.69) is 0 Å². The molecule has 64 valence electrons. The molecule has 0 radical (unpaired) electrons. The van der Waals surface area contributed by atoms with Crippen molar-refractivity contribution in [3.05, 3.63) is 29.8 Å². The Morgan fingerprint density at radius 1 is 1.33 bits per heavy atom. The number of hydrogen-bond acceptors (Lipinski definition) is 2. The third-order valence-corrected chi connectivity index (χ3v) is 1.72. The maximum Gasteiger partial charge on any atom is 0.123 e. The zero-order valence-corrected chi connectivity index (χ0v) is 7.34. The van der Waals surface area contributed by atoms with Crippen LogP contribution in [0.4, 0.5) is 0 Å². The highest BCUT2D eigenvalue weighted by molar-refractivity contribution is 6.17. The highest BCUT2D eigenvalue weighted by Crippen LogP contribution is 2.12. The minimum Gasteiger partial charge on any atom is -0.488 e. The van der Waals surface area contributed by atoms with Gasteiger partial charge in [-0.15, -0.1) is 11.6 Å². The molecule has 0 aliphatic rings. The van der Waals surface area contributed by atoms with Crippen LogP contribution in [0.1, 0.15) is 5.56 Å². The summed E-state index contributed by atoms with van der Waals surface area (Å²) in [5, 5.41) is 6.76. The van der Waals surface area contributed by atoms with Crippen LogP contribution in [0.3, 0.4) is 0 Å². The van der Waals surface area contributed by atoms with Gasteiger partial charge in [-0.2, -0.15) is 0 Å². The molecule has 0 heterocycles. The van der Waals surface area contributed by atoms with Gasteiger partial charge < -0.3 is 10.1 Å². The summed E-state index contributed by atoms with van der Waals surface area (Å²) in [5.74, 6) is 1.29. The average Bonchev–Trinajstić information content (AvgIpc) is 2.15. The monoisotopic (exact) mass is 183 g/mol. The number of hydrogen-bond donors (Lipinski definition) is 1. The highest BCUT2D eigenvalue weighted by Gasteiger charge is 1.92. The molecule has 0 aliphatic heterocycles. The van der Waals surface area contributed by atoms with E-state index in [0.717, 1.165) is 11.3 Å². The van der Waals surface area contributed by atoms with Gasteiger partial charge in [0.2, 0.25) is 0 Å². The molecule has 1 rings (SSSR count). The van der Waals surface area contributed by atoms with Crippen molar-refractivity contribution in [3.63, 3.8) is 0 Å². The van der Waals surface area contributed by atoms with E-state index >= 15 is 0 Å². The molecule has 1 aromatic rings. The first-order valence-corrected chi connectivity index (χ1v) is 4.17. The predicted molar refractivity (Wildman–Crippen MR) is 50.3 cm³/mol. The van der Waals surface area contributed by atoms with Crippen molar-refractivity contribution in [2.45, 2.75) is 5.88 Å². The first-order chi connectivity index (χ1) is 5.86. The molecule has 0 bridgehead atoms. The highest BCUT2D eigenvalue weighted by atomic mass is 35.5. The van der Waals surface area contributed by atoms with Crippen molar-refractivity contribution < 1.29 is 4.74 Å². The largest absolute Gasteiger partial charge is 0.488 e. The van der Waals surface area contributed by atoms with Crippen molar-refractivity contribution in [2.75, 3.05) is 6.61 Å². The molecule has 0 spiro atoms. The van der Waals surface area contributed by atoms with Crippen LogP contribution in [-0.4, -0.2) is 12.8 Å². The Bertz CT molecular complexity index is 245. The molecule has 0 aromatic heterocycles. The quantitative estimate of drug-likeness (QED) is 0.565. The molecule has 0 unspecified atom stereocenters. The van der Waals surface area contributed by atoms with E-state index in [0.29, 0.717) is 12.5 Å². The van der Waals surface area contributed by atoms with Gasteiger partial charge in [-0.3, -0.25) is 0 Å². The maximum atomic E-state index is 6.76. The Balaban J connectivity index is 2.58. The number of ether oxygens (including phenoxy) is 1.